The number of Topliss-reactive ketones (excluding diaryl/α,β-unsaturated/α-hetero) is 4. The molecule has 2 saturated heterocycles. The molecular weight excluding hydrogens is 909 g/mol. The van der Waals surface area contributed by atoms with Gasteiger partial charge >= 0.3 is 5.97 Å². The number of aromatic nitrogens is 2. The molecule has 0 radical (unpaired) electrons. The van der Waals surface area contributed by atoms with E-state index < -0.39 is 76.7 Å². The Kier molecular flexibility index (Phi) is 24.6. The van der Waals surface area contributed by atoms with Gasteiger partial charge in [-0.25, -0.2) is 4.79 Å². The second kappa shape index (κ2) is 28.4. The zero-order chi connectivity index (χ0) is 52.2. The van der Waals surface area contributed by atoms with Crippen molar-refractivity contribution in [2.75, 3.05) is 68.1 Å². The Labute approximate surface area is 402 Å². The van der Waals surface area contributed by atoms with Crippen LogP contribution in [0.25, 0.3) is 0 Å². The lowest BCUT2D eigenvalue weighted by atomic mass is 9.92. The zero-order valence-electron chi connectivity index (χ0n) is 41.8. The van der Waals surface area contributed by atoms with Crippen LogP contribution in [0.4, 0.5) is 0 Å². The zero-order valence-corrected chi connectivity index (χ0v) is 41.8. The van der Waals surface area contributed by atoms with Crippen molar-refractivity contribution in [1.82, 2.24) is 26.3 Å². The van der Waals surface area contributed by atoms with E-state index in [0.717, 1.165) is 0 Å². The maximum absolute atomic E-state index is 13.1. The van der Waals surface area contributed by atoms with Crippen molar-refractivity contribution in [2.24, 2.45) is 29.4 Å². The molecule has 2 fully saturated rings. The maximum Gasteiger partial charge on any atom is 0.374 e. The summed E-state index contributed by atoms with van der Waals surface area (Å²) in [5, 5.41) is 23.4. The monoisotopic (exact) mass is 980 g/mol. The van der Waals surface area contributed by atoms with Gasteiger partial charge in [0.05, 0.1) is 81.0 Å². The normalized spacial score (nSPS) is 19.5. The quantitative estimate of drug-likeness (QED) is 0.0723. The van der Waals surface area contributed by atoms with Crippen molar-refractivity contribution < 1.29 is 80.9 Å². The van der Waals surface area contributed by atoms with Crippen LogP contribution in [0.5, 0.6) is 0 Å². The van der Waals surface area contributed by atoms with Crippen LogP contribution < -0.4 is 21.7 Å². The Morgan fingerprint density at radius 1 is 0.638 bits per heavy atom. The molecule has 23 heteroatoms. The second-order valence-electron chi connectivity index (χ2n) is 18.3. The number of ether oxygens (including phenoxy) is 6. The largest absolute Gasteiger partial charge is 0.475 e. The van der Waals surface area contributed by atoms with Gasteiger partial charge in [-0.2, -0.15) is 0 Å². The van der Waals surface area contributed by atoms with Gasteiger partial charge in [0.2, 0.25) is 23.3 Å². The number of rotatable bonds is 29. The van der Waals surface area contributed by atoms with Gasteiger partial charge in [0, 0.05) is 53.4 Å². The van der Waals surface area contributed by atoms with Crippen molar-refractivity contribution in [2.45, 2.75) is 116 Å². The number of hydrogen-bond acceptors (Lipinski definition) is 19. The van der Waals surface area contributed by atoms with E-state index in [2.05, 4.69) is 30.8 Å². The van der Waals surface area contributed by atoms with Gasteiger partial charge in [0.1, 0.15) is 17.2 Å². The van der Waals surface area contributed by atoms with Crippen LogP contribution in [-0.2, 0) is 57.2 Å². The molecule has 23 nitrogen and oxygen atoms in total. The van der Waals surface area contributed by atoms with E-state index in [4.69, 9.17) is 43.8 Å². The molecule has 388 valence electrons. The summed E-state index contributed by atoms with van der Waals surface area (Å²) in [4.78, 5) is 98.9. The minimum absolute atomic E-state index is 0.0385. The smallest absolute Gasteiger partial charge is 0.374 e. The highest BCUT2D eigenvalue weighted by atomic mass is 16.6. The molecule has 4 rings (SSSR count). The summed E-state index contributed by atoms with van der Waals surface area (Å²) in [5.41, 5.74) is 5.13. The molecule has 2 aromatic rings. The topological polar surface area (TPSA) is 333 Å². The number of carbonyl (C=O) groups excluding carboxylic acids is 7. The molecule has 2 aliphatic heterocycles. The fourth-order valence-electron chi connectivity index (χ4n) is 6.68. The molecule has 2 aliphatic rings. The lowest BCUT2D eigenvalue weighted by Crippen LogP contribution is -2.50. The molecule has 0 aliphatic carbocycles. The van der Waals surface area contributed by atoms with Gasteiger partial charge in [0.15, 0.2) is 23.1 Å². The average molecular weight is 981 g/mol. The Morgan fingerprint density at radius 2 is 1.03 bits per heavy atom. The first-order valence-electron chi connectivity index (χ1n) is 22.5. The summed E-state index contributed by atoms with van der Waals surface area (Å²) in [6.07, 6.45) is 0.650. The van der Waals surface area contributed by atoms with Gasteiger partial charge in [-0.3, -0.25) is 33.6 Å². The third kappa shape index (κ3) is 20.3. The number of aryl methyl sites for hydroxylation is 2. The number of carbonyl (C=O) groups is 8. The Hall–Kier alpha value is -5.30. The number of aromatic carboxylic acids is 1. The molecule has 2 aromatic heterocycles. The van der Waals surface area contributed by atoms with Crippen LogP contribution in [0.2, 0.25) is 0 Å². The summed E-state index contributed by atoms with van der Waals surface area (Å²) in [5.74, 6) is -4.99. The number of hydrogen-bond donors (Lipinski definition) is 5. The molecule has 8 atom stereocenters. The number of ketones is 4. The lowest BCUT2D eigenvalue weighted by molar-refractivity contribution is -0.135. The molecule has 3 amide bonds. The number of amides is 3. The fraction of sp³-hybridized carbons (Fsp3) is 0.696. The summed E-state index contributed by atoms with van der Waals surface area (Å²) >= 11 is 0. The third-order valence-electron chi connectivity index (χ3n) is 10.7. The van der Waals surface area contributed by atoms with E-state index in [0.29, 0.717) is 37.4 Å². The van der Waals surface area contributed by atoms with Crippen LogP contribution >= 0.6 is 0 Å². The minimum atomic E-state index is -1.09. The van der Waals surface area contributed by atoms with Crippen LogP contribution in [0.3, 0.4) is 0 Å². The molecular formula is C46H72N6O17. The highest BCUT2D eigenvalue weighted by Gasteiger charge is 2.51. The van der Waals surface area contributed by atoms with Gasteiger partial charge in [-0.1, -0.05) is 38.0 Å². The number of carboxylic acid groups (broad SMARTS) is 1. The van der Waals surface area contributed by atoms with Crippen LogP contribution in [0, 0.1) is 37.5 Å². The number of methoxy groups -OCH3 is 4. The van der Waals surface area contributed by atoms with Gasteiger partial charge < -0.3 is 64.3 Å². The molecule has 69 heavy (non-hydrogen) atoms. The Bertz CT molecular complexity index is 2020. The highest BCUT2D eigenvalue weighted by Crippen LogP contribution is 2.31. The van der Waals surface area contributed by atoms with Crippen LogP contribution in [0.15, 0.2) is 21.2 Å². The molecule has 6 N–H and O–H groups in total. The van der Waals surface area contributed by atoms with E-state index in [-0.39, 0.29) is 80.0 Å². The first kappa shape index (κ1) is 59.8. The highest BCUT2D eigenvalue weighted by molar-refractivity contribution is 6.00. The summed E-state index contributed by atoms with van der Waals surface area (Å²) < 4.78 is 40.0. The predicted octanol–water partition coefficient (Wildman–Crippen LogP) is 1.59. The van der Waals surface area contributed by atoms with Gasteiger partial charge in [0.25, 0.3) is 5.91 Å². The van der Waals surface area contributed by atoms with Gasteiger partial charge in [-0.05, 0) is 52.4 Å². The third-order valence-corrected chi connectivity index (χ3v) is 10.7. The summed E-state index contributed by atoms with van der Waals surface area (Å²) in [6.45, 7) is 15.3. The van der Waals surface area contributed by atoms with Gasteiger partial charge in [-0.15, -0.1) is 0 Å². The fourth-order valence-corrected chi connectivity index (χ4v) is 6.68. The SMILES string of the molecule is COC[C@H](CC(=O)[C@@H](N)COC)C(=O)N[C@@H](CC(C)C)C(=O)[C@@]1(C)CO1.COC[C@H](CC(=O)[C@H](COC)NC(=O)c1cc(C)no1)C(=O)N[C@@H](CC(C)C)C(=O)[C@@]1(C)CO1.Cc1cc(C(=O)O)on1. The number of nitrogens with two attached hydrogens (primary N) is 1. The van der Waals surface area contributed by atoms with Crippen molar-refractivity contribution in [3.05, 3.63) is 35.0 Å². The van der Waals surface area contributed by atoms with E-state index in [1.807, 2.05) is 27.7 Å². The van der Waals surface area contributed by atoms with E-state index in [1.54, 1.807) is 27.7 Å². The average Bonchev–Trinajstić information content (AvgIpc) is 4.11. The molecule has 0 bridgehead atoms. The molecule has 0 unspecified atom stereocenters. The van der Waals surface area contributed by atoms with Crippen molar-refractivity contribution in [1.29, 1.82) is 0 Å². The second-order valence-corrected chi connectivity index (χ2v) is 18.3. The number of nitrogens with one attached hydrogen (secondary N) is 3. The minimum Gasteiger partial charge on any atom is -0.475 e. The maximum atomic E-state index is 13.1. The molecule has 0 spiro atoms. The predicted molar refractivity (Wildman–Crippen MR) is 244 cm³/mol. The molecule has 0 saturated carbocycles. The first-order chi connectivity index (χ1) is 32.3. The van der Waals surface area contributed by atoms with Crippen molar-refractivity contribution in [3.63, 3.8) is 0 Å². The Balaban J connectivity index is 0.000000409. The summed E-state index contributed by atoms with van der Waals surface area (Å²) in [6, 6.07) is -0.389. The number of carboxylic acids is 1. The standard InChI is InChI=1S/C23H35N3O8.C18H32N2O6.C5H5NO3/c1-13(2)7-16(20(28)23(4)12-33-23)24-21(29)15(10-31-5)9-18(27)17(11-32-6)25-22(30)19-8-14(3)26-34-19;1-11(2)6-14(16(22)18(3)10-26-18)20-17(23)12(8-24-4)7-15(21)13(19)9-25-5;1-3-2-4(5(7)8)9-6-3/h8,13,15-17H,7,9-12H2,1-6H3,(H,24,29)(H,25,30);11-14H,6-10,19H2,1-5H3,(H,20,23);2H,1H3,(H,7,8)/t15-,16-,17-,23+;12-,13-,14-,18+;/m00./s1. The van der Waals surface area contributed by atoms with E-state index >= 15 is 0 Å². The van der Waals surface area contributed by atoms with Crippen molar-refractivity contribution >= 4 is 46.8 Å². The lowest BCUT2D eigenvalue weighted by Gasteiger charge is -2.25. The number of epoxide rings is 2. The number of nitrogens with zero attached hydrogens (tertiary/aromatic N) is 2. The Morgan fingerprint density at radius 3 is 1.35 bits per heavy atom. The molecule has 4 heterocycles. The van der Waals surface area contributed by atoms with Crippen LogP contribution in [-0.4, -0.2) is 166 Å². The molecule has 0 aromatic carbocycles. The first-order valence-corrected chi connectivity index (χ1v) is 22.5. The van der Waals surface area contributed by atoms with Crippen molar-refractivity contribution in [3.8, 4) is 0 Å². The summed E-state index contributed by atoms with van der Waals surface area (Å²) in [7, 11) is 5.72. The van der Waals surface area contributed by atoms with E-state index in [1.165, 1.54) is 40.6 Å². The van der Waals surface area contributed by atoms with E-state index in [9.17, 15) is 38.4 Å². The van der Waals surface area contributed by atoms with Crippen LogP contribution in [0.1, 0.15) is 99.7 Å².